The maximum absolute atomic E-state index is 12.3. The second kappa shape index (κ2) is 8.74. The first-order valence-corrected chi connectivity index (χ1v) is 9.55. The summed E-state index contributed by atoms with van der Waals surface area (Å²) < 4.78 is 7.60. The van der Waals surface area contributed by atoms with Crippen LogP contribution < -0.4 is 10.1 Å². The number of benzene rings is 2. The van der Waals surface area contributed by atoms with E-state index < -0.39 is 0 Å². The summed E-state index contributed by atoms with van der Waals surface area (Å²) in [5, 5.41) is 2.98. The lowest BCUT2D eigenvalue weighted by Crippen LogP contribution is -2.31. The van der Waals surface area contributed by atoms with E-state index in [1.807, 2.05) is 54.1 Å². The largest absolute Gasteiger partial charge is 0.484 e. The Morgan fingerprint density at radius 2 is 1.89 bits per heavy atom. The van der Waals surface area contributed by atoms with Crippen LogP contribution in [-0.4, -0.2) is 22.1 Å². The number of ether oxygens (including phenoxy) is 1. The average molecular weight is 377 g/mol. The summed E-state index contributed by atoms with van der Waals surface area (Å²) in [6.45, 7) is 8.36. The van der Waals surface area contributed by atoms with Gasteiger partial charge in [-0.05, 0) is 60.7 Å². The van der Waals surface area contributed by atoms with Gasteiger partial charge in [0.1, 0.15) is 5.75 Å². The molecule has 2 aromatic carbocycles. The fourth-order valence-corrected chi connectivity index (χ4v) is 3.25. The van der Waals surface area contributed by atoms with Crippen molar-refractivity contribution in [2.24, 2.45) is 0 Å². The number of aromatic nitrogens is 2. The SMILES string of the molecule is Cc1cc(OCC(=O)N[C@H](C)c2ccc(-n3ccnc3)cc2)ccc1C(C)C. The third-order valence-corrected chi connectivity index (χ3v) is 4.81. The lowest BCUT2D eigenvalue weighted by atomic mass is 9.98. The van der Waals surface area contributed by atoms with Gasteiger partial charge in [0.05, 0.1) is 12.4 Å². The van der Waals surface area contributed by atoms with Gasteiger partial charge < -0.3 is 14.6 Å². The first-order valence-electron chi connectivity index (χ1n) is 9.55. The van der Waals surface area contributed by atoms with Crippen molar-refractivity contribution < 1.29 is 9.53 Å². The van der Waals surface area contributed by atoms with Crippen molar-refractivity contribution in [3.63, 3.8) is 0 Å². The van der Waals surface area contributed by atoms with Crippen molar-refractivity contribution in [3.05, 3.63) is 77.9 Å². The Balaban J connectivity index is 1.53. The minimum Gasteiger partial charge on any atom is -0.484 e. The molecular formula is C23H27N3O2. The highest BCUT2D eigenvalue weighted by molar-refractivity contribution is 5.78. The van der Waals surface area contributed by atoms with E-state index in [-0.39, 0.29) is 18.6 Å². The van der Waals surface area contributed by atoms with Gasteiger partial charge in [0, 0.05) is 18.1 Å². The monoisotopic (exact) mass is 377 g/mol. The second-order valence-electron chi connectivity index (χ2n) is 7.31. The molecule has 1 atom stereocenters. The molecule has 0 bridgehead atoms. The van der Waals surface area contributed by atoms with Crippen LogP contribution >= 0.6 is 0 Å². The molecule has 28 heavy (non-hydrogen) atoms. The van der Waals surface area contributed by atoms with Crippen molar-refractivity contribution in [1.29, 1.82) is 0 Å². The van der Waals surface area contributed by atoms with E-state index in [0.29, 0.717) is 5.92 Å². The number of carbonyl (C=O) groups excluding carboxylic acids is 1. The summed E-state index contributed by atoms with van der Waals surface area (Å²) in [4.78, 5) is 16.3. The van der Waals surface area contributed by atoms with Crippen LogP contribution in [0.25, 0.3) is 5.69 Å². The average Bonchev–Trinajstić information content (AvgIpc) is 3.21. The highest BCUT2D eigenvalue weighted by Gasteiger charge is 2.11. The molecule has 0 unspecified atom stereocenters. The Kier molecular flexibility index (Phi) is 6.14. The van der Waals surface area contributed by atoms with Gasteiger partial charge in [-0.2, -0.15) is 0 Å². The van der Waals surface area contributed by atoms with Crippen LogP contribution in [0.5, 0.6) is 5.75 Å². The van der Waals surface area contributed by atoms with Crippen LogP contribution in [0.3, 0.4) is 0 Å². The van der Waals surface area contributed by atoms with Gasteiger partial charge in [-0.1, -0.05) is 32.0 Å². The molecular weight excluding hydrogens is 350 g/mol. The summed E-state index contributed by atoms with van der Waals surface area (Å²) in [5.74, 6) is 1.05. The summed E-state index contributed by atoms with van der Waals surface area (Å²) in [5.41, 5.74) is 4.54. The van der Waals surface area contributed by atoms with Crippen LogP contribution in [0.15, 0.2) is 61.2 Å². The van der Waals surface area contributed by atoms with E-state index >= 15 is 0 Å². The van der Waals surface area contributed by atoms with Crippen molar-refractivity contribution in [1.82, 2.24) is 14.9 Å². The van der Waals surface area contributed by atoms with Crippen LogP contribution in [0.2, 0.25) is 0 Å². The van der Waals surface area contributed by atoms with Crippen molar-refractivity contribution >= 4 is 5.91 Å². The Hall–Kier alpha value is -3.08. The number of hydrogen-bond donors (Lipinski definition) is 1. The number of rotatable bonds is 7. The molecule has 1 amide bonds. The molecule has 0 fully saturated rings. The molecule has 1 heterocycles. The third kappa shape index (κ3) is 4.80. The quantitative estimate of drug-likeness (QED) is 0.657. The fourth-order valence-electron chi connectivity index (χ4n) is 3.25. The molecule has 5 heteroatoms. The van der Waals surface area contributed by atoms with Gasteiger partial charge in [0.2, 0.25) is 0 Å². The highest BCUT2D eigenvalue weighted by Crippen LogP contribution is 2.23. The molecule has 5 nitrogen and oxygen atoms in total. The number of nitrogens with one attached hydrogen (secondary N) is 1. The first-order chi connectivity index (χ1) is 13.4. The lowest BCUT2D eigenvalue weighted by molar-refractivity contribution is -0.123. The van der Waals surface area contributed by atoms with Gasteiger partial charge in [0.15, 0.2) is 6.61 Å². The van der Waals surface area contributed by atoms with E-state index in [4.69, 9.17) is 4.74 Å². The van der Waals surface area contributed by atoms with Gasteiger partial charge in [-0.25, -0.2) is 4.98 Å². The topological polar surface area (TPSA) is 56.1 Å². The number of hydrogen-bond acceptors (Lipinski definition) is 3. The molecule has 0 radical (unpaired) electrons. The fraction of sp³-hybridized carbons (Fsp3) is 0.304. The zero-order chi connectivity index (χ0) is 20.1. The van der Waals surface area contributed by atoms with Gasteiger partial charge in [0.25, 0.3) is 5.91 Å². The second-order valence-corrected chi connectivity index (χ2v) is 7.31. The maximum atomic E-state index is 12.3. The summed E-state index contributed by atoms with van der Waals surface area (Å²) in [7, 11) is 0. The Morgan fingerprint density at radius 3 is 2.50 bits per heavy atom. The third-order valence-electron chi connectivity index (χ3n) is 4.81. The van der Waals surface area contributed by atoms with Crippen molar-refractivity contribution in [2.45, 2.75) is 39.7 Å². The first kappa shape index (κ1) is 19.7. The number of imidazole rings is 1. The molecule has 3 rings (SSSR count). The Morgan fingerprint density at radius 1 is 1.14 bits per heavy atom. The van der Waals surface area contributed by atoms with Crippen molar-refractivity contribution in [3.8, 4) is 11.4 Å². The number of nitrogens with zero attached hydrogens (tertiary/aromatic N) is 2. The molecule has 3 aromatic rings. The standard InChI is InChI=1S/C23H27N3O2/c1-16(2)22-10-9-21(13-17(22)3)28-14-23(27)25-18(4)19-5-7-20(8-6-19)26-12-11-24-15-26/h5-13,15-16,18H,14H2,1-4H3,(H,25,27)/t18-/m1/s1. The minimum atomic E-state index is -0.142. The minimum absolute atomic E-state index is 0.00206. The van der Waals surface area contributed by atoms with Gasteiger partial charge in [-0.15, -0.1) is 0 Å². The van der Waals surface area contributed by atoms with Gasteiger partial charge in [-0.3, -0.25) is 4.79 Å². The Labute approximate surface area is 166 Å². The summed E-state index contributed by atoms with van der Waals surface area (Å²) in [6.07, 6.45) is 5.40. The molecule has 0 aliphatic rings. The van der Waals surface area contributed by atoms with Crippen LogP contribution in [-0.2, 0) is 4.79 Å². The molecule has 0 aliphatic carbocycles. The molecule has 0 spiro atoms. The van der Waals surface area contributed by atoms with Crippen LogP contribution in [0.1, 0.15) is 49.4 Å². The van der Waals surface area contributed by atoms with E-state index in [0.717, 1.165) is 17.0 Å². The van der Waals surface area contributed by atoms with E-state index in [1.165, 1.54) is 11.1 Å². The number of carbonyl (C=O) groups is 1. The lowest BCUT2D eigenvalue weighted by Gasteiger charge is -2.16. The molecule has 0 saturated carbocycles. The van der Waals surface area contributed by atoms with E-state index in [1.54, 1.807) is 12.5 Å². The summed E-state index contributed by atoms with van der Waals surface area (Å²) in [6, 6.07) is 13.9. The van der Waals surface area contributed by atoms with Crippen LogP contribution in [0, 0.1) is 6.92 Å². The molecule has 146 valence electrons. The zero-order valence-corrected chi connectivity index (χ0v) is 16.8. The van der Waals surface area contributed by atoms with Crippen molar-refractivity contribution in [2.75, 3.05) is 6.61 Å². The Bertz CT molecular complexity index is 916. The maximum Gasteiger partial charge on any atom is 0.258 e. The van der Waals surface area contributed by atoms with E-state index in [2.05, 4.69) is 37.1 Å². The molecule has 0 saturated heterocycles. The smallest absolute Gasteiger partial charge is 0.258 e. The number of aryl methyl sites for hydroxylation is 1. The molecule has 0 aliphatic heterocycles. The zero-order valence-electron chi connectivity index (χ0n) is 16.8. The summed E-state index contributed by atoms with van der Waals surface area (Å²) >= 11 is 0. The predicted molar refractivity (Wildman–Crippen MR) is 111 cm³/mol. The van der Waals surface area contributed by atoms with E-state index in [9.17, 15) is 4.79 Å². The number of amides is 1. The van der Waals surface area contributed by atoms with Crippen LogP contribution in [0.4, 0.5) is 0 Å². The van der Waals surface area contributed by atoms with Gasteiger partial charge >= 0.3 is 0 Å². The molecule has 1 aromatic heterocycles. The highest BCUT2D eigenvalue weighted by atomic mass is 16.5. The molecule has 1 N–H and O–H groups in total. The predicted octanol–water partition coefficient (Wildman–Crippen LogP) is 4.56. The normalized spacial score (nSPS) is 12.0.